The first-order chi connectivity index (χ1) is 16.2. The number of hydrogen-bond donors (Lipinski definition) is 1. The van der Waals surface area contributed by atoms with Gasteiger partial charge in [-0.25, -0.2) is 0 Å². The van der Waals surface area contributed by atoms with E-state index in [4.69, 9.17) is 10.5 Å². The average molecular weight is 455 g/mol. The molecule has 0 aliphatic rings. The summed E-state index contributed by atoms with van der Waals surface area (Å²) in [5.74, 6) is -0.0415. The van der Waals surface area contributed by atoms with Gasteiger partial charge in [0.15, 0.2) is 0 Å². The number of unbranched alkanes of at least 4 members (excludes halogenated alkanes) is 11. The molecule has 0 radical (unpaired) electrons. The average Bonchev–Trinajstić information content (AvgIpc) is 2.82. The smallest absolute Gasteiger partial charge is 0.305 e. The van der Waals surface area contributed by atoms with Gasteiger partial charge in [-0.3, -0.25) is 9.78 Å². The fourth-order valence-corrected chi connectivity index (χ4v) is 3.69. The number of nitrogens with zero attached hydrogens (tertiary/aromatic N) is 1. The van der Waals surface area contributed by atoms with Gasteiger partial charge in [-0.05, 0) is 51.2 Å². The summed E-state index contributed by atoms with van der Waals surface area (Å²) < 4.78 is 4.91. The quantitative estimate of drug-likeness (QED) is 0.157. The van der Waals surface area contributed by atoms with Crippen LogP contribution in [0.2, 0.25) is 0 Å². The lowest BCUT2D eigenvalue weighted by Gasteiger charge is -2.01. The second-order valence-corrected chi connectivity index (χ2v) is 8.56. The maximum Gasteiger partial charge on any atom is 0.305 e. The molecule has 2 N–H and O–H groups in total. The Hall–Kier alpha value is -2.36. The Bertz CT molecular complexity index is 768. The van der Waals surface area contributed by atoms with Crippen LogP contribution >= 0.6 is 0 Å². The molecule has 1 heterocycles. The van der Waals surface area contributed by atoms with Crippen LogP contribution < -0.4 is 5.73 Å². The third kappa shape index (κ3) is 15.2. The molecular formula is C29H46N2O2. The second-order valence-electron chi connectivity index (χ2n) is 8.56. The number of rotatable bonds is 16. The number of para-hydroxylation sites is 1. The van der Waals surface area contributed by atoms with Gasteiger partial charge in [-0.2, -0.15) is 0 Å². The molecule has 2 rings (SSSR count). The standard InChI is InChI=1S/C20H38O2.C9H8N2/c1-3-5-6-7-8-9-10-11-12-13-14-15-16-17-18-19-20(21)22-4-2;10-8-5-6-11-9-4-2-1-3-7(8)9/h11-12H,3-10,13-19H2,1-2H3;1-6H,(H2,10,11)/b12-11-;. The number of benzene rings is 1. The van der Waals surface area contributed by atoms with E-state index in [1.165, 1.54) is 70.6 Å². The van der Waals surface area contributed by atoms with Crippen LogP contribution in [-0.2, 0) is 9.53 Å². The van der Waals surface area contributed by atoms with E-state index >= 15 is 0 Å². The SMILES string of the molecule is CCCCCCCC/C=C\CCCCCCCC(=O)OCC.Nc1ccnc2ccccc12. The van der Waals surface area contributed by atoms with Crippen molar-refractivity contribution >= 4 is 22.6 Å². The van der Waals surface area contributed by atoms with E-state index in [2.05, 4.69) is 24.1 Å². The molecule has 0 spiro atoms. The summed E-state index contributed by atoms with van der Waals surface area (Å²) in [5, 5.41) is 1.02. The van der Waals surface area contributed by atoms with Gasteiger partial charge >= 0.3 is 5.97 Å². The minimum absolute atomic E-state index is 0.0415. The van der Waals surface area contributed by atoms with E-state index in [0.717, 1.165) is 29.4 Å². The molecule has 0 unspecified atom stereocenters. The molecule has 4 heteroatoms. The first-order valence-electron chi connectivity index (χ1n) is 13.1. The lowest BCUT2D eigenvalue weighted by Crippen LogP contribution is -2.03. The number of allylic oxidation sites excluding steroid dienone is 2. The number of pyridine rings is 1. The van der Waals surface area contributed by atoms with Gasteiger partial charge in [0.2, 0.25) is 0 Å². The molecule has 184 valence electrons. The van der Waals surface area contributed by atoms with Gasteiger partial charge in [-0.1, -0.05) is 88.6 Å². The minimum atomic E-state index is -0.0415. The number of aromatic nitrogens is 1. The topological polar surface area (TPSA) is 65.2 Å². The second kappa shape index (κ2) is 20.3. The van der Waals surface area contributed by atoms with Crippen molar-refractivity contribution in [2.45, 2.75) is 104 Å². The molecule has 1 aromatic carbocycles. The molecule has 33 heavy (non-hydrogen) atoms. The van der Waals surface area contributed by atoms with Gasteiger partial charge in [-0.15, -0.1) is 0 Å². The van der Waals surface area contributed by atoms with E-state index in [0.29, 0.717) is 13.0 Å². The maximum absolute atomic E-state index is 11.1. The highest BCUT2D eigenvalue weighted by Crippen LogP contribution is 2.16. The summed E-state index contributed by atoms with van der Waals surface area (Å²) in [6, 6.07) is 9.64. The van der Waals surface area contributed by atoms with E-state index in [1.54, 1.807) is 6.20 Å². The van der Waals surface area contributed by atoms with Crippen molar-refractivity contribution in [1.29, 1.82) is 0 Å². The van der Waals surface area contributed by atoms with Crippen LogP contribution in [0.1, 0.15) is 104 Å². The van der Waals surface area contributed by atoms with Gasteiger partial charge in [0.25, 0.3) is 0 Å². The van der Waals surface area contributed by atoms with Crippen LogP contribution in [0, 0.1) is 0 Å². The van der Waals surface area contributed by atoms with Crippen LogP contribution in [0.15, 0.2) is 48.7 Å². The lowest BCUT2D eigenvalue weighted by molar-refractivity contribution is -0.143. The predicted octanol–water partition coefficient (Wildman–Crippen LogP) is 8.40. The van der Waals surface area contributed by atoms with E-state index in [-0.39, 0.29) is 5.97 Å². The molecule has 1 aromatic heterocycles. The Morgan fingerprint density at radius 3 is 2.09 bits per heavy atom. The number of nitrogen functional groups attached to an aromatic ring is 1. The Kier molecular flexibility index (Phi) is 17.6. The van der Waals surface area contributed by atoms with E-state index < -0.39 is 0 Å². The number of ether oxygens (including phenoxy) is 1. The number of hydrogen-bond acceptors (Lipinski definition) is 4. The Morgan fingerprint density at radius 1 is 0.848 bits per heavy atom. The zero-order chi connectivity index (χ0) is 24.0. The van der Waals surface area contributed by atoms with Crippen molar-refractivity contribution in [1.82, 2.24) is 4.98 Å². The van der Waals surface area contributed by atoms with Crippen LogP contribution in [0.5, 0.6) is 0 Å². The van der Waals surface area contributed by atoms with Crippen LogP contribution in [0.3, 0.4) is 0 Å². The molecule has 0 bridgehead atoms. The Labute approximate surface area is 202 Å². The highest BCUT2D eigenvalue weighted by atomic mass is 16.5. The Balaban J connectivity index is 0.000000405. The summed E-state index contributed by atoms with van der Waals surface area (Å²) >= 11 is 0. The molecule has 4 nitrogen and oxygen atoms in total. The fraction of sp³-hybridized carbons (Fsp3) is 0.586. The van der Waals surface area contributed by atoms with Gasteiger partial charge < -0.3 is 10.5 Å². The first kappa shape index (κ1) is 28.7. The van der Waals surface area contributed by atoms with Crippen LogP contribution in [0.25, 0.3) is 10.9 Å². The van der Waals surface area contributed by atoms with Crippen molar-refractivity contribution in [3.05, 3.63) is 48.7 Å². The molecule has 0 saturated carbocycles. The van der Waals surface area contributed by atoms with Crippen molar-refractivity contribution < 1.29 is 9.53 Å². The molecule has 0 amide bonds. The Morgan fingerprint density at radius 2 is 1.45 bits per heavy atom. The summed E-state index contributed by atoms with van der Waals surface area (Å²) in [7, 11) is 0. The highest BCUT2D eigenvalue weighted by Gasteiger charge is 2.00. The van der Waals surface area contributed by atoms with Crippen molar-refractivity contribution in [3.63, 3.8) is 0 Å². The fourth-order valence-electron chi connectivity index (χ4n) is 3.69. The molecule has 2 aromatic rings. The monoisotopic (exact) mass is 454 g/mol. The van der Waals surface area contributed by atoms with E-state index in [1.807, 2.05) is 37.3 Å². The summed E-state index contributed by atoms with van der Waals surface area (Å²) in [4.78, 5) is 15.3. The number of carbonyl (C=O) groups excluding carboxylic acids is 1. The highest BCUT2D eigenvalue weighted by molar-refractivity contribution is 5.89. The van der Waals surface area contributed by atoms with Crippen molar-refractivity contribution in [2.24, 2.45) is 0 Å². The van der Waals surface area contributed by atoms with E-state index in [9.17, 15) is 4.79 Å². The van der Waals surface area contributed by atoms with Gasteiger partial charge in [0, 0.05) is 23.7 Å². The van der Waals surface area contributed by atoms with Gasteiger partial charge in [0.05, 0.1) is 12.1 Å². The minimum Gasteiger partial charge on any atom is -0.466 e. The number of anilines is 1. The molecule has 0 saturated heterocycles. The van der Waals surface area contributed by atoms with Crippen molar-refractivity contribution in [2.75, 3.05) is 12.3 Å². The zero-order valence-electron chi connectivity index (χ0n) is 21.1. The summed E-state index contributed by atoms with van der Waals surface area (Å²) in [6.45, 7) is 4.63. The summed E-state index contributed by atoms with van der Waals surface area (Å²) in [6.07, 6.45) is 23.7. The first-order valence-corrected chi connectivity index (χ1v) is 13.1. The largest absolute Gasteiger partial charge is 0.466 e. The third-order valence-electron chi connectivity index (χ3n) is 5.63. The van der Waals surface area contributed by atoms with Gasteiger partial charge in [0.1, 0.15) is 0 Å². The lowest BCUT2D eigenvalue weighted by atomic mass is 10.1. The van der Waals surface area contributed by atoms with Crippen LogP contribution in [-0.4, -0.2) is 17.6 Å². The predicted molar refractivity (Wildman–Crippen MR) is 142 cm³/mol. The van der Waals surface area contributed by atoms with Crippen LogP contribution in [0.4, 0.5) is 5.69 Å². The molecular weight excluding hydrogens is 408 g/mol. The number of carbonyl (C=O) groups is 1. The third-order valence-corrected chi connectivity index (χ3v) is 5.63. The molecule has 0 atom stereocenters. The number of esters is 1. The number of fused-ring (bicyclic) bond motifs is 1. The maximum atomic E-state index is 11.1. The normalized spacial score (nSPS) is 10.8. The zero-order valence-corrected chi connectivity index (χ0v) is 21.1. The summed E-state index contributed by atoms with van der Waals surface area (Å²) in [5.41, 5.74) is 7.46. The molecule has 0 fully saturated rings. The molecule has 0 aliphatic heterocycles. The van der Waals surface area contributed by atoms with Crippen molar-refractivity contribution in [3.8, 4) is 0 Å². The number of nitrogens with two attached hydrogens (primary N) is 1. The molecule has 0 aliphatic carbocycles.